The molecule has 0 amide bonds. The van der Waals surface area contributed by atoms with Crippen molar-refractivity contribution in [1.29, 1.82) is 0 Å². The van der Waals surface area contributed by atoms with Gasteiger partial charge in [-0.1, -0.05) is 12.6 Å². The van der Waals surface area contributed by atoms with Crippen molar-refractivity contribution in [3.63, 3.8) is 0 Å². The van der Waals surface area contributed by atoms with E-state index in [0.29, 0.717) is 21.6 Å². The molecule has 0 bridgehead atoms. The maximum atomic E-state index is 10.8. The molecule has 2 aromatic rings. The van der Waals surface area contributed by atoms with Crippen LogP contribution in [-0.2, 0) is 4.79 Å². The molecule has 116 valence electrons. The minimum absolute atomic E-state index is 0.0379. The third-order valence-corrected chi connectivity index (χ3v) is 3.50. The number of aliphatic carboxylic acids is 1. The van der Waals surface area contributed by atoms with E-state index in [1.807, 2.05) is 0 Å². The van der Waals surface area contributed by atoms with Crippen LogP contribution in [0.3, 0.4) is 0 Å². The Kier molecular flexibility index (Phi) is 3.22. The average Bonchev–Trinajstić information content (AvgIpc) is 2.51. The molecule has 6 nitrogen and oxygen atoms in total. The zero-order chi connectivity index (χ0) is 16.7. The van der Waals surface area contributed by atoms with Gasteiger partial charge in [0.2, 0.25) is 5.75 Å². The van der Waals surface area contributed by atoms with Gasteiger partial charge >= 0.3 is 5.97 Å². The first-order valence-corrected chi connectivity index (χ1v) is 6.59. The Morgan fingerprint density at radius 1 is 1.04 bits per heavy atom. The third kappa shape index (κ3) is 2.26. The molecule has 6 heteroatoms. The summed E-state index contributed by atoms with van der Waals surface area (Å²) in [6.45, 7) is 3.66. The van der Waals surface area contributed by atoms with Crippen LogP contribution >= 0.6 is 0 Å². The largest absolute Gasteiger partial charge is 0.504 e. The summed E-state index contributed by atoms with van der Waals surface area (Å²) in [7, 11) is 0. The van der Waals surface area contributed by atoms with Crippen LogP contribution < -0.4 is 15.2 Å². The number of benzene rings is 2. The number of phenols is 3. The summed E-state index contributed by atoms with van der Waals surface area (Å²) in [5.41, 5.74) is 0.816. The van der Waals surface area contributed by atoms with Crippen LogP contribution in [0.25, 0.3) is 12.2 Å². The lowest BCUT2D eigenvalue weighted by Crippen LogP contribution is -2.19. The fourth-order valence-electron chi connectivity index (χ4n) is 2.38. The van der Waals surface area contributed by atoms with Crippen LogP contribution in [-0.4, -0.2) is 26.4 Å². The van der Waals surface area contributed by atoms with Gasteiger partial charge in [0.25, 0.3) is 0 Å². The molecule has 23 heavy (non-hydrogen) atoms. The predicted molar refractivity (Wildman–Crippen MR) is 82.0 cm³/mol. The molecular formula is C17H12O6. The van der Waals surface area contributed by atoms with Crippen LogP contribution in [0.15, 0.2) is 36.4 Å². The molecule has 0 aliphatic carbocycles. The van der Waals surface area contributed by atoms with Crippen molar-refractivity contribution in [1.82, 2.24) is 0 Å². The summed E-state index contributed by atoms with van der Waals surface area (Å²) >= 11 is 0. The molecule has 0 saturated carbocycles. The number of aromatic hydroxyl groups is 3. The minimum Gasteiger partial charge on any atom is -0.504 e. The minimum atomic E-state index is -1.15. The maximum absolute atomic E-state index is 10.8. The Morgan fingerprint density at radius 2 is 1.78 bits per heavy atom. The number of rotatable bonds is 2. The van der Waals surface area contributed by atoms with Gasteiger partial charge in [0.05, 0.1) is 0 Å². The Hall–Kier alpha value is -3.41. The van der Waals surface area contributed by atoms with Crippen LogP contribution in [0.5, 0.6) is 28.7 Å². The summed E-state index contributed by atoms with van der Waals surface area (Å²) < 4.78 is 5.54. The van der Waals surface area contributed by atoms with Gasteiger partial charge in [0, 0.05) is 22.1 Å². The van der Waals surface area contributed by atoms with Gasteiger partial charge in [0.15, 0.2) is 23.0 Å². The van der Waals surface area contributed by atoms with Crippen LogP contribution in [0.4, 0.5) is 0 Å². The van der Waals surface area contributed by atoms with E-state index in [1.165, 1.54) is 18.2 Å². The molecular weight excluding hydrogens is 300 g/mol. The third-order valence-electron chi connectivity index (χ3n) is 3.50. The zero-order valence-corrected chi connectivity index (χ0v) is 11.8. The molecule has 2 aromatic carbocycles. The van der Waals surface area contributed by atoms with E-state index in [4.69, 9.17) is 9.84 Å². The molecule has 4 N–H and O–H groups in total. The highest BCUT2D eigenvalue weighted by Crippen LogP contribution is 2.45. The summed E-state index contributed by atoms with van der Waals surface area (Å²) in [4.78, 5) is 10.8. The molecule has 1 heterocycles. The summed E-state index contributed by atoms with van der Waals surface area (Å²) in [5.74, 6) is -2.29. The lowest BCUT2D eigenvalue weighted by atomic mass is 9.97. The molecule has 0 saturated heterocycles. The number of phenolic OH excluding ortho intramolecular Hbond substituents is 3. The topological polar surface area (TPSA) is 107 Å². The first-order valence-electron chi connectivity index (χ1n) is 6.59. The van der Waals surface area contributed by atoms with Gasteiger partial charge in [-0.25, -0.2) is 4.79 Å². The molecule has 1 aliphatic rings. The zero-order valence-electron chi connectivity index (χ0n) is 11.8. The molecule has 1 aliphatic heterocycles. The molecule has 0 atom stereocenters. The molecule has 0 spiro atoms. The highest BCUT2D eigenvalue weighted by Gasteiger charge is 2.24. The summed E-state index contributed by atoms with van der Waals surface area (Å²) in [5, 5.41) is 39.4. The van der Waals surface area contributed by atoms with Crippen molar-refractivity contribution >= 4 is 18.1 Å². The highest BCUT2D eigenvalue weighted by molar-refractivity contribution is 5.89. The monoisotopic (exact) mass is 312 g/mol. The lowest BCUT2D eigenvalue weighted by molar-refractivity contribution is -0.131. The van der Waals surface area contributed by atoms with E-state index < -0.39 is 11.7 Å². The highest BCUT2D eigenvalue weighted by atomic mass is 16.5. The maximum Gasteiger partial charge on any atom is 0.328 e. The van der Waals surface area contributed by atoms with E-state index in [2.05, 4.69) is 6.58 Å². The number of ether oxygens (including phenoxy) is 1. The average molecular weight is 312 g/mol. The van der Waals surface area contributed by atoms with Gasteiger partial charge in [-0.15, -0.1) is 0 Å². The second kappa shape index (κ2) is 5.10. The van der Waals surface area contributed by atoms with E-state index >= 15 is 0 Å². The van der Waals surface area contributed by atoms with E-state index in [1.54, 1.807) is 12.1 Å². The first-order chi connectivity index (χ1) is 10.9. The van der Waals surface area contributed by atoms with E-state index in [-0.39, 0.29) is 23.0 Å². The number of carboxylic acids is 1. The van der Waals surface area contributed by atoms with Gasteiger partial charge in [-0.2, -0.15) is 0 Å². The fraction of sp³-hybridized carbons (Fsp3) is 0. The molecule has 0 aromatic heterocycles. The lowest BCUT2D eigenvalue weighted by Gasteiger charge is -2.21. The SMILES string of the molecule is C=c1ccc2c(c1O)Oc1c(ccc(O)c1O)C=2C=CC(=O)O. The quantitative estimate of drug-likeness (QED) is 0.490. The first kappa shape index (κ1) is 14.5. The Balaban J connectivity index is 2.44. The van der Waals surface area contributed by atoms with Gasteiger partial charge in [-0.3, -0.25) is 0 Å². The van der Waals surface area contributed by atoms with Crippen molar-refractivity contribution in [2.45, 2.75) is 0 Å². The van der Waals surface area contributed by atoms with Gasteiger partial charge in [-0.05, 0) is 29.8 Å². The van der Waals surface area contributed by atoms with E-state index in [9.17, 15) is 20.1 Å². The van der Waals surface area contributed by atoms with Crippen molar-refractivity contribution < 1.29 is 30.0 Å². The Bertz CT molecular complexity index is 972. The standard InChI is InChI=1S/C17H12O6/c1-8-2-3-10-9(5-7-13(19)20)11-4-6-12(18)15(22)17(11)23-16(10)14(8)21/h2-7,18,21-22H,1H2,(H,19,20). The van der Waals surface area contributed by atoms with Crippen molar-refractivity contribution in [3.05, 3.63) is 52.4 Å². The Labute approximate surface area is 130 Å². The molecule has 3 rings (SSSR count). The summed E-state index contributed by atoms with van der Waals surface area (Å²) in [6, 6.07) is 5.96. The van der Waals surface area contributed by atoms with Crippen molar-refractivity contribution in [2.75, 3.05) is 0 Å². The van der Waals surface area contributed by atoms with Gasteiger partial charge < -0.3 is 25.2 Å². The molecule has 0 radical (unpaired) electrons. The number of hydrogen-bond donors (Lipinski definition) is 4. The fourth-order valence-corrected chi connectivity index (χ4v) is 2.38. The number of hydrogen-bond acceptors (Lipinski definition) is 5. The summed E-state index contributed by atoms with van der Waals surface area (Å²) in [6.07, 6.45) is 2.27. The van der Waals surface area contributed by atoms with E-state index in [0.717, 1.165) is 6.08 Å². The number of fused-ring (bicyclic) bond motifs is 2. The Morgan fingerprint density at radius 3 is 2.48 bits per heavy atom. The normalized spacial score (nSPS) is 12.6. The van der Waals surface area contributed by atoms with Crippen LogP contribution in [0.1, 0.15) is 5.56 Å². The van der Waals surface area contributed by atoms with Crippen molar-refractivity contribution in [2.24, 2.45) is 0 Å². The second-order valence-electron chi connectivity index (χ2n) is 4.95. The molecule has 0 unspecified atom stereocenters. The smallest absolute Gasteiger partial charge is 0.328 e. The second-order valence-corrected chi connectivity index (χ2v) is 4.95. The predicted octanol–water partition coefficient (Wildman–Crippen LogP) is 1.16. The number of allylic oxidation sites excluding steroid dienone is 1. The van der Waals surface area contributed by atoms with Gasteiger partial charge in [0.1, 0.15) is 0 Å². The van der Waals surface area contributed by atoms with Crippen LogP contribution in [0, 0.1) is 0 Å². The van der Waals surface area contributed by atoms with Crippen molar-refractivity contribution in [3.8, 4) is 28.7 Å². The number of carbonyl (C=O) groups is 1. The number of carboxylic acid groups (broad SMARTS) is 1. The molecule has 0 fully saturated rings. The van der Waals surface area contributed by atoms with Crippen LogP contribution in [0.2, 0.25) is 0 Å².